The van der Waals surface area contributed by atoms with Crippen LogP contribution in [0.2, 0.25) is 0 Å². The van der Waals surface area contributed by atoms with Gasteiger partial charge < -0.3 is 10.4 Å². The van der Waals surface area contributed by atoms with Gasteiger partial charge in [0.15, 0.2) is 0 Å². The van der Waals surface area contributed by atoms with Crippen LogP contribution in [0.15, 0.2) is 60.7 Å². The van der Waals surface area contributed by atoms with E-state index in [1.165, 1.54) is 23.0 Å². The SMILES string of the molecule is C[C@H](CC(=O)O)N[C@H](C)c1ccc(-c2nc3ccc(C4(c5ccccc5)CC4)nc3s2)c(F)c1. The Morgan fingerprint density at radius 3 is 2.56 bits per heavy atom. The monoisotopic (exact) mass is 475 g/mol. The van der Waals surface area contributed by atoms with Crippen molar-refractivity contribution in [3.8, 4) is 10.6 Å². The van der Waals surface area contributed by atoms with Gasteiger partial charge in [-0.05, 0) is 62.1 Å². The lowest BCUT2D eigenvalue weighted by Crippen LogP contribution is -2.31. The maximum atomic E-state index is 15.1. The quantitative estimate of drug-likeness (QED) is 0.322. The fourth-order valence-electron chi connectivity index (χ4n) is 4.59. The summed E-state index contributed by atoms with van der Waals surface area (Å²) in [6.45, 7) is 3.71. The number of nitrogens with zero attached hydrogens (tertiary/aromatic N) is 2. The number of hydrogen-bond donors (Lipinski definition) is 2. The van der Waals surface area contributed by atoms with E-state index in [2.05, 4.69) is 40.6 Å². The molecule has 7 heteroatoms. The first-order valence-corrected chi connectivity index (χ1v) is 12.3. The van der Waals surface area contributed by atoms with Crippen molar-refractivity contribution in [3.63, 3.8) is 0 Å². The molecule has 1 saturated carbocycles. The van der Waals surface area contributed by atoms with Gasteiger partial charge >= 0.3 is 5.97 Å². The van der Waals surface area contributed by atoms with E-state index >= 15 is 4.39 Å². The summed E-state index contributed by atoms with van der Waals surface area (Å²) < 4.78 is 15.1. The third-order valence-electron chi connectivity index (χ3n) is 6.56. The lowest BCUT2D eigenvalue weighted by molar-refractivity contribution is -0.137. The molecule has 2 aromatic carbocycles. The van der Waals surface area contributed by atoms with Crippen LogP contribution in [-0.2, 0) is 10.2 Å². The zero-order valence-corrected chi connectivity index (χ0v) is 19.9. The van der Waals surface area contributed by atoms with E-state index in [9.17, 15) is 4.79 Å². The molecule has 2 atom stereocenters. The summed E-state index contributed by atoms with van der Waals surface area (Å²) in [5, 5.41) is 12.8. The van der Waals surface area contributed by atoms with E-state index in [4.69, 9.17) is 10.1 Å². The van der Waals surface area contributed by atoms with Gasteiger partial charge in [0.05, 0.1) is 12.1 Å². The van der Waals surface area contributed by atoms with E-state index in [0.29, 0.717) is 10.6 Å². The highest BCUT2D eigenvalue weighted by molar-refractivity contribution is 7.21. The Labute approximate surface area is 201 Å². The zero-order chi connectivity index (χ0) is 23.9. The minimum Gasteiger partial charge on any atom is -0.481 e. The molecule has 0 unspecified atom stereocenters. The number of carbonyl (C=O) groups is 1. The van der Waals surface area contributed by atoms with E-state index in [1.54, 1.807) is 13.0 Å². The molecule has 5 rings (SSSR count). The van der Waals surface area contributed by atoms with Crippen LogP contribution in [0.3, 0.4) is 0 Å². The second kappa shape index (κ2) is 8.89. The molecule has 0 amide bonds. The average molecular weight is 476 g/mol. The van der Waals surface area contributed by atoms with Crippen molar-refractivity contribution in [1.29, 1.82) is 0 Å². The maximum Gasteiger partial charge on any atom is 0.304 e. The number of fused-ring (bicyclic) bond motifs is 1. The summed E-state index contributed by atoms with van der Waals surface area (Å²) in [6, 6.07) is 19.2. The summed E-state index contributed by atoms with van der Waals surface area (Å²) in [6.07, 6.45) is 2.17. The standard InChI is InChI=1S/C27H26FN3O2S/c1-16(14-24(32)33)29-17(2)18-8-9-20(21(28)15-18)25-30-22-10-11-23(31-26(22)34-25)27(12-13-27)19-6-4-3-5-7-19/h3-11,15-17,29H,12-14H2,1-2H3,(H,32,33)/t16-,17-/m1/s1. The molecule has 0 bridgehead atoms. The van der Waals surface area contributed by atoms with Gasteiger partial charge in [0.2, 0.25) is 0 Å². The molecule has 2 heterocycles. The Morgan fingerprint density at radius 1 is 1.12 bits per heavy atom. The van der Waals surface area contributed by atoms with Crippen LogP contribution < -0.4 is 5.32 Å². The Hall–Kier alpha value is -3.16. The number of hydrogen-bond acceptors (Lipinski definition) is 5. The Morgan fingerprint density at radius 2 is 1.88 bits per heavy atom. The summed E-state index contributed by atoms with van der Waals surface area (Å²) in [4.78, 5) is 21.3. The predicted molar refractivity (Wildman–Crippen MR) is 133 cm³/mol. The molecule has 0 spiro atoms. The van der Waals surface area contributed by atoms with Crippen LogP contribution in [0, 0.1) is 5.82 Å². The normalized spacial score (nSPS) is 16.3. The van der Waals surface area contributed by atoms with Crippen molar-refractivity contribution in [2.45, 2.75) is 50.6 Å². The molecular formula is C27H26FN3O2S. The second-order valence-corrected chi connectivity index (χ2v) is 10.1. The minimum absolute atomic E-state index is 0.0111. The number of aliphatic carboxylic acids is 1. The molecule has 1 aliphatic carbocycles. The van der Waals surface area contributed by atoms with Crippen LogP contribution in [0.1, 0.15) is 56.0 Å². The zero-order valence-electron chi connectivity index (χ0n) is 19.1. The first-order valence-electron chi connectivity index (χ1n) is 11.5. The highest BCUT2D eigenvalue weighted by Crippen LogP contribution is 2.53. The van der Waals surface area contributed by atoms with Crippen molar-refractivity contribution < 1.29 is 14.3 Å². The van der Waals surface area contributed by atoms with Gasteiger partial charge in [-0.15, -0.1) is 0 Å². The van der Waals surface area contributed by atoms with Crippen LogP contribution >= 0.6 is 11.3 Å². The summed E-state index contributed by atoms with van der Waals surface area (Å²) in [5.74, 6) is -1.21. The highest BCUT2D eigenvalue weighted by Gasteiger charge is 2.47. The number of rotatable bonds is 8. The summed E-state index contributed by atoms with van der Waals surface area (Å²) >= 11 is 1.41. The number of carboxylic acids is 1. The molecule has 0 saturated heterocycles. The van der Waals surface area contributed by atoms with Crippen molar-refractivity contribution in [2.75, 3.05) is 0 Å². The molecule has 0 radical (unpaired) electrons. The summed E-state index contributed by atoms with van der Waals surface area (Å²) in [7, 11) is 0. The fraction of sp³-hybridized carbons (Fsp3) is 0.296. The highest BCUT2D eigenvalue weighted by atomic mass is 32.1. The number of nitrogens with one attached hydrogen (secondary N) is 1. The van der Waals surface area contributed by atoms with Crippen molar-refractivity contribution in [3.05, 3.63) is 83.3 Å². The average Bonchev–Trinajstić information content (AvgIpc) is 3.52. The Bertz CT molecular complexity index is 1350. The van der Waals surface area contributed by atoms with Crippen LogP contribution in [0.5, 0.6) is 0 Å². The number of benzene rings is 2. The van der Waals surface area contributed by atoms with E-state index in [1.807, 2.05) is 25.1 Å². The molecule has 5 nitrogen and oxygen atoms in total. The van der Waals surface area contributed by atoms with Gasteiger partial charge in [-0.1, -0.05) is 47.7 Å². The number of aromatic nitrogens is 2. The minimum atomic E-state index is -0.863. The summed E-state index contributed by atoms with van der Waals surface area (Å²) in [5.41, 5.74) is 4.30. The number of thiazole rings is 1. The molecule has 2 aromatic heterocycles. The van der Waals surface area contributed by atoms with Crippen LogP contribution in [-0.4, -0.2) is 27.1 Å². The Balaban J connectivity index is 1.40. The third-order valence-corrected chi connectivity index (χ3v) is 7.56. The molecular weight excluding hydrogens is 449 g/mol. The van der Waals surface area contributed by atoms with Gasteiger partial charge in [-0.2, -0.15) is 0 Å². The van der Waals surface area contributed by atoms with Crippen molar-refractivity contribution >= 4 is 27.7 Å². The number of pyridine rings is 1. The number of carboxylic acid groups (broad SMARTS) is 1. The first-order chi connectivity index (χ1) is 16.4. The topological polar surface area (TPSA) is 75.1 Å². The van der Waals surface area contributed by atoms with Crippen LogP contribution in [0.25, 0.3) is 20.9 Å². The smallest absolute Gasteiger partial charge is 0.304 e. The van der Waals surface area contributed by atoms with Crippen molar-refractivity contribution in [2.24, 2.45) is 0 Å². The van der Waals surface area contributed by atoms with E-state index in [-0.39, 0.29) is 29.7 Å². The van der Waals surface area contributed by atoms with Crippen molar-refractivity contribution in [1.82, 2.24) is 15.3 Å². The van der Waals surface area contributed by atoms with Gasteiger partial charge in [-0.3, -0.25) is 4.79 Å². The molecule has 0 aliphatic heterocycles. The molecule has 2 N–H and O–H groups in total. The number of halogens is 1. The van der Waals surface area contributed by atoms with Gasteiger partial charge in [0, 0.05) is 23.1 Å². The lowest BCUT2D eigenvalue weighted by Gasteiger charge is -2.19. The Kier molecular flexibility index (Phi) is 5.91. The molecule has 34 heavy (non-hydrogen) atoms. The largest absolute Gasteiger partial charge is 0.481 e. The lowest BCUT2D eigenvalue weighted by atomic mass is 9.92. The first kappa shape index (κ1) is 22.6. The van der Waals surface area contributed by atoms with Gasteiger partial charge in [-0.25, -0.2) is 14.4 Å². The molecule has 1 fully saturated rings. The molecule has 1 aliphatic rings. The predicted octanol–water partition coefficient (Wildman–Crippen LogP) is 6.09. The second-order valence-electron chi connectivity index (χ2n) is 9.11. The maximum absolute atomic E-state index is 15.1. The molecule has 174 valence electrons. The van der Waals surface area contributed by atoms with Gasteiger partial charge in [0.25, 0.3) is 0 Å². The van der Waals surface area contributed by atoms with Gasteiger partial charge in [0.1, 0.15) is 21.2 Å². The van der Waals surface area contributed by atoms with Crippen LogP contribution in [0.4, 0.5) is 4.39 Å². The van der Waals surface area contributed by atoms with E-state index < -0.39 is 5.97 Å². The van der Waals surface area contributed by atoms with E-state index in [0.717, 1.165) is 34.4 Å². The molecule has 4 aromatic rings. The third kappa shape index (κ3) is 4.33. The fourth-order valence-corrected chi connectivity index (χ4v) is 5.56.